The lowest BCUT2D eigenvalue weighted by Crippen LogP contribution is -2.57. The van der Waals surface area contributed by atoms with Gasteiger partial charge >= 0.3 is 0 Å². The molecule has 0 atom stereocenters. The zero-order valence-electron chi connectivity index (χ0n) is 36.3. The van der Waals surface area contributed by atoms with Crippen LogP contribution in [0.2, 0.25) is 0 Å². The van der Waals surface area contributed by atoms with Crippen LogP contribution in [0.1, 0.15) is 122 Å². The molecule has 0 bridgehead atoms. The van der Waals surface area contributed by atoms with Crippen molar-refractivity contribution < 1.29 is 9.47 Å². The summed E-state index contributed by atoms with van der Waals surface area (Å²) in [6, 6.07) is 39.1. The molecule has 58 heavy (non-hydrogen) atoms. The van der Waals surface area contributed by atoms with E-state index in [4.69, 9.17) is 9.47 Å². The Kier molecular flexibility index (Phi) is 7.93. The van der Waals surface area contributed by atoms with Gasteiger partial charge in [0.2, 0.25) is 0 Å². The van der Waals surface area contributed by atoms with E-state index < -0.39 is 0 Å². The molecule has 0 saturated carbocycles. The van der Waals surface area contributed by atoms with Crippen LogP contribution in [0.15, 0.2) is 103 Å². The maximum Gasteiger partial charge on any atom is 0.260 e. The summed E-state index contributed by atoms with van der Waals surface area (Å²) in [5.74, 6) is 3.56. The molecule has 0 aromatic heterocycles. The lowest BCUT2D eigenvalue weighted by molar-refractivity contribution is 0.464. The zero-order valence-corrected chi connectivity index (χ0v) is 36.3. The summed E-state index contributed by atoms with van der Waals surface area (Å²) in [7, 11) is 0. The van der Waals surface area contributed by atoms with E-state index in [1.165, 1.54) is 74.7 Å². The first-order valence-corrected chi connectivity index (χ1v) is 21.4. The van der Waals surface area contributed by atoms with Gasteiger partial charge in [-0.2, -0.15) is 0 Å². The summed E-state index contributed by atoms with van der Waals surface area (Å²) in [5, 5.41) is 0. The number of aryl methyl sites for hydroxylation is 1. The van der Waals surface area contributed by atoms with Crippen LogP contribution in [-0.2, 0) is 34.5 Å². The smallest absolute Gasteiger partial charge is 0.260 e. The Morgan fingerprint density at radius 3 is 1.66 bits per heavy atom. The van der Waals surface area contributed by atoms with E-state index in [1.807, 2.05) is 0 Å². The fourth-order valence-corrected chi connectivity index (χ4v) is 10.3. The Bertz CT molecular complexity index is 2610. The summed E-state index contributed by atoms with van der Waals surface area (Å²) in [6.07, 6.45) is 3.59. The molecule has 0 unspecified atom stereocenters. The van der Waals surface area contributed by atoms with Crippen LogP contribution in [0.5, 0.6) is 23.0 Å². The number of nitrogens with zero attached hydrogens (tertiary/aromatic N) is 1. The summed E-state index contributed by atoms with van der Waals surface area (Å²) in [5.41, 5.74) is 19.3. The SMILES string of the molecule is CC(C)(C)c1ccc(N(c2ccc(C(C)(C)C)cc2)c2cc3c4c(c2)Oc2cc5c(cc2B4c2cc(C(C)(C)C)ccc2O3)C(C)(C)c2c-5ccc3c2CCC3)cc1. The van der Waals surface area contributed by atoms with E-state index >= 15 is 0 Å². The highest BCUT2D eigenvalue weighted by molar-refractivity contribution is 6.98. The molecule has 0 amide bonds. The molecule has 3 nitrogen and oxygen atoms in total. The predicted molar refractivity (Wildman–Crippen MR) is 245 cm³/mol. The van der Waals surface area contributed by atoms with E-state index in [2.05, 4.69) is 184 Å². The van der Waals surface area contributed by atoms with Crippen LogP contribution in [0.25, 0.3) is 11.1 Å². The molecule has 2 aliphatic carbocycles. The normalized spacial score (nSPS) is 15.7. The van der Waals surface area contributed by atoms with Gasteiger partial charge in [0.1, 0.15) is 23.0 Å². The zero-order chi connectivity index (χ0) is 40.7. The standard InChI is InChI=1S/C54H56BNO2/c1-51(2,3)33-16-21-36(22-17-33)56(37-23-18-34(19-24-37)52(4,5)6)38-28-47-50-48(29-38)58-46-30-41-40-25-15-32-13-12-14-39(32)49(40)54(10,11)42(41)31-44(46)55(50)43-27-35(53(7,8)9)20-26-45(43)57-47/h15-31H,12-14H2,1-11H3. The molecule has 6 aromatic rings. The van der Waals surface area contributed by atoms with Gasteiger partial charge in [0, 0.05) is 34.4 Å². The van der Waals surface area contributed by atoms with Crippen molar-refractivity contribution in [3.63, 3.8) is 0 Å². The van der Waals surface area contributed by atoms with Crippen LogP contribution >= 0.6 is 0 Å². The van der Waals surface area contributed by atoms with Gasteiger partial charge in [0.25, 0.3) is 6.71 Å². The van der Waals surface area contributed by atoms with Crippen LogP contribution < -0.4 is 30.8 Å². The molecule has 10 rings (SSSR count). The highest BCUT2D eigenvalue weighted by atomic mass is 16.5. The first kappa shape index (κ1) is 37.1. The maximum atomic E-state index is 7.22. The molecule has 2 aliphatic heterocycles. The molecule has 2 heterocycles. The van der Waals surface area contributed by atoms with Crippen molar-refractivity contribution in [1.29, 1.82) is 0 Å². The van der Waals surface area contributed by atoms with E-state index in [0.29, 0.717) is 0 Å². The Labute approximate surface area is 346 Å². The molecular formula is C54H56BNO2. The van der Waals surface area contributed by atoms with Gasteiger partial charge in [-0.25, -0.2) is 0 Å². The molecule has 0 spiro atoms. The second-order valence-corrected chi connectivity index (χ2v) is 21.0. The maximum absolute atomic E-state index is 7.22. The summed E-state index contributed by atoms with van der Waals surface area (Å²) < 4.78 is 14.2. The van der Waals surface area contributed by atoms with Crippen molar-refractivity contribution >= 4 is 40.2 Å². The second-order valence-electron chi connectivity index (χ2n) is 21.0. The van der Waals surface area contributed by atoms with Gasteiger partial charge < -0.3 is 14.4 Å². The van der Waals surface area contributed by atoms with E-state index in [1.54, 1.807) is 5.56 Å². The van der Waals surface area contributed by atoms with Crippen molar-refractivity contribution in [3.05, 3.63) is 142 Å². The average molecular weight is 762 g/mol. The number of hydrogen-bond donors (Lipinski definition) is 0. The molecular weight excluding hydrogens is 705 g/mol. The van der Waals surface area contributed by atoms with E-state index in [9.17, 15) is 0 Å². The molecule has 0 fully saturated rings. The second kappa shape index (κ2) is 12.4. The van der Waals surface area contributed by atoms with Gasteiger partial charge in [0.05, 0.1) is 5.69 Å². The highest BCUT2D eigenvalue weighted by Crippen LogP contribution is 2.53. The third-order valence-electron chi connectivity index (χ3n) is 13.6. The van der Waals surface area contributed by atoms with Gasteiger partial charge in [-0.1, -0.05) is 131 Å². The van der Waals surface area contributed by atoms with Crippen molar-refractivity contribution in [2.24, 2.45) is 0 Å². The average Bonchev–Trinajstić information content (AvgIpc) is 3.73. The molecule has 292 valence electrons. The Balaban J connectivity index is 1.18. The van der Waals surface area contributed by atoms with Crippen molar-refractivity contribution in [1.82, 2.24) is 0 Å². The molecule has 0 saturated heterocycles. The van der Waals surface area contributed by atoms with Crippen molar-refractivity contribution in [3.8, 4) is 34.1 Å². The van der Waals surface area contributed by atoms with Crippen LogP contribution in [-0.4, -0.2) is 6.71 Å². The lowest BCUT2D eigenvalue weighted by atomic mass is 9.34. The number of anilines is 3. The molecule has 4 heteroatoms. The molecule has 6 aromatic carbocycles. The monoisotopic (exact) mass is 761 g/mol. The summed E-state index contributed by atoms with van der Waals surface area (Å²) in [4.78, 5) is 2.35. The first-order chi connectivity index (χ1) is 27.4. The van der Waals surface area contributed by atoms with Gasteiger partial charge in [-0.3, -0.25) is 0 Å². The summed E-state index contributed by atoms with van der Waals surface area (Å²) >= 11 is 0. The number of ether oxygens (including phenoxy) is 2. The third kappa shape index (κ3) is 5.69. The fraction of sp³-hybridized carbons (Fsp3) is 0.333. The quantitative estimate of drug-likeness (QED) is 0.167. The fourth-order valence-electron chi connectivity index (χ4n) is 10.3. The van der Waals surface area contributed by atoms with Gasteiger partial charge in [-0.15, -0.1) is 0 Å². The highest BCUT2D eigenvalue weighted by Gasteiger charge is 2.45. The van der Waals surface area contributed by atoms with Crippen molar-refractivity contribution in [2.45, 2.75) is 117 Å². The Morgan fingerprint density at radius 2 is 1.07 bits per heavy atom. The van der Waals surface area contributed by atoms with Gasteiger partial charge in [-0.05, 0) is 133 Å². The van der Waals surface area contributed by atoms with Crippen molar-refractivity contribution in [2.75, 3.05) is 4.90 Å². The number of fused-ring (bicyclic) bond motifs is 9. The van der Waals surface area contributed by atoms with Crippen LogP contribution in [0, 0.1) is 0 Å². The first-order valence-electron chi connectivity index (χ1n) is 21.4. The van der Waals surface area contributed by atoms with Crippen LogP contribution in [0.3, 0.4) is 0 Å². The third-order valence-corrected chi connectivity index (χ3v) is 13.6. The van der Waals surface area contributed by atoms with E-state index in [0.717, 1.165) is 45.5 Å². The Morgan fingerprint density at radius 1 is 0.517 bits per heavy atom. The lowest BCUT2D eigenvalue weighted by Gasteiger charge is -2.36. The molecule has 0 N–H and O–H groups in total. The van der Waals surface area contributed by atoms with Crippen LogP contribution in [0.4, 0.5) is 17.1 Å². The Hall–Kier alpha value is -5.22. The summed E-state index contributed by atoms with van der Waals surface area (Å²) in [6.45, 7) is 25.3. The van der Waals surface area contributed by atoms with E-state index in [-0.39, 0.29) is 28.4 Å². The molecule has 4 aliphatic rings. The topological polar surface area (TPSA) is 21.7 Å². The number of benzene rings is 6. The minimum absolute atomic E-state index is 0.0104. The number of hydrogen-bond acceptors (Lipinski definition) is 3. The number of rotatable bonds is 3. The largest absolute Gasteiger partial charge is 0.458 e. The minimum atomic E-state index is -0.102. The predicted octanol–water partition coefficient (Wildman–Crippen LogP) is 12.6. The van der Waals surface area contributed by atoms with Gasteiger partial charge in [0.15, 0.2) is 0 Å². The minimum Gasteiger partial charge on any atom is -0.458 e. The molecule has 0 radical (unpaired) electrons.